The Morgan fingerprint density at radius 3 is 2.72 bits per heavy atom. The molecule has 29 heavy (non-hydrogen) atoms. The highest BCUT2D eigenvalue weighted by Crippen LogP contribution is 2.27. The summed E-state index contributed by atoms with van der Waals surface area (Å²) in [6, 6.07) is 18.7. The number of fused-ring (bicyclic) bond motifs is 1. The number of nitrogens with zero attached hydrogens (tertiary/aromatic N) is 3. The van der Waals surface area contributed by atoms with E-state index in [0.717, 1.165) is 39.9 Å². The summed E-state index contributed by atoms with van der Waals surface area (Å²) >= 11 is 1.40. The van der Waals surface area contributed by atoms with Crippen LogP contribution in [0.1, 0.15) is 21.8 Å². The first-order valence-corrected chi connectivity index (χ1v) is 10.4. The Morgan fingerprint density at radius 2 is 1.93 bits per heavy atom. The first kappa shape index (κ1) is 19.3. The Balaban J connectivity index is 1.37. The molecule has 4 rings (SSSR count). The molecule has 0 bridgehead atoms. The largest absolute Gasteiger partial charge is 0.341 e. The van der Waals surface area contributed by atoms with Gasteiger partial charge >= 0.3 is 0 Å². The Morgan fingerprint density at radius 1 is 1.14 bits per heavy atom. The highest BCUT2D eigenvalue weighted by atomic mass is 32.1. The minimum atomic E-state index is -0.284. The number of benzene rings is 2. The molecule has 1 amide bonds. The van der Waals surface area contributed by atoms with Crippen LogP contribution in [0.5, 0.6) is 0 Å². The highest BCUT2D eigenvalue weighted by Gasteiger charge is 2.15. The van der Waals surface area contributed by atoms with Gasteiger partial charge in [-0.1, -0.05) is 30.3 Å². The van der Waals surface area contributed by atoms with Crippen molar-refractivity contribution in [3.05, 3.63) is 77.1 Å². The quantitative estimate of drug-likeness (QED) is 0.444. The fraction of sp³-hybridized carbons (Fsp3) is 0.217. The van der Waals surface area contributed by atoms with E-state index >= 15 is 0 Å². The highest BCUT2D eigenvalue weighted by molar-refractivity contribution is 7.20. The molecule has 2 aromatic carbocycles. The number of halogens is 1. The van der Waals surface area contributed by atoms with Crippen LogP contribution in [0, 0.1) is 5.82 Å². The van der Waals surface area contributed by atoms with Crippen LogP contribution in [0.4, 0.5) is 4.39 Å². The molecule has 0 N–H and O–H groups in total. The zero-order valence-corrected chi connectivity index (χ0v) is 17.2. The molecule has 0 saturated heterocycles. The smallest absolute Gasteiger partial charge is 0.263 e. The second kappa shape index (κ2) is 8.17. The van der Waals surface area contributed by atoms with Crippen molar-refractivity contribution in [3.8, 4) is 11.3 Å². The van der Waals surface area contributed by atoms with Crippen LogP contribution in [0.25, 0.3) is 21.3 Å². The van der Waals surface area contributed by atoms with Gasteiger partial charge in [0.25, 0.3) is 5.91 Å². The summed E-state index contributed by atoms with van der Waals surface area (Å²) in [5.74, 6) is -0.314. The summed E-state index contributed by atoms with van der Waals surface area (Å²) in [6.07, 6.45) is 1.63. The number of hydrogen-bond donors (Lipinski definition) is 0. The van der Waals surface area contributed by atoms with E-state index in [4.69, 9.17) is 0 Å². The lowest BCUT2D eigenvalue weighted by atomic mass is 10.1. The second-order valence-electron chi connectivity index (χ2n) is 7.13. The lowest BCUT2D eigenvalue weighted by Gasteiger charge is -2.15. The summed E-state index contributed by atoms with van der Waals surface area (Å²) < 4.78 is 16.2. The van der Waals surface area contributed by atoms with Crippen molar-refractivity contribution in [3.63, 3.8) is 0 Å². The minimum Gasteiger partial charge on any atom is -0.341 e. The van der Waals surface area contributed by atoms with E-state index in [1.165, 1.54) is 23.5 Å². The molecule has 0 unspecified atom stereocenters. The molecule has 0 radical (unpaired) electrons. The molecule has 6 heteroatoms. The molecule has 2 aromatic heterocycles. The fourth-order valence-electron chi connectivity index (χ4n) is 3.43. The first-order valence-electron chi connectivity index (χ1n) is 9.54. The van der Waals surface area contributed by atoms with Gasteiger partial charge in [0.1, 0.15) is 5.82 Å². The number of carbonyl (C=O) groups excluding carboxylic acids is 1. The third-order valence-electron chi connectivity index (χ3n) is 4.96. The van der Waals surface area contributed by atoms with Crippen LogP contribution in [0.15, 0.2) is 60.7 Å². The van der Waals surface area contributed by atoms with Crippen LogP contribution in [0.2, 0.25) is 0 Å². The van der Waals surface area contributed by atoms with E-state index in [2.05, 4.69) is 23.3 Å². The van der Waals surface area contributed by atoms with Gasteiger partial charge in [-0.15, -0.1) is 11.3 Å². The molecular weight excluding hydrogens is 385 g/mol. The number of rotatable bonds is 6. The Labute approximate surface area is 173 Å². The van der Waals surface area contributed by atoms with Crippen LogP contribution in [-0.2, 0) is 13.5 Å². The zero-order valence-electron chi connectivity index (χ0n) is 16.4. The summed E-state index contributed by atoms with van der Waals surface area (Å²) in [5.41, 5.74) is 3.24. The molecule has 4 nitrogen and oxygen atoms in total. The number of aryl methyl sites for hydroxylation is 2. The molecule has 0 atom stereocenters. The van der Waals surface area contributed by atoms with Crippen LogP contribution in [-0.4, -0.2) is 34.2 Å². The van der Waals surface area contributed by atoms with Crippen LogP contribution >= 0.6 is 11.3 Å². The van der Waals surface area contributed by atoms with Crippen molar-refractivity contribution < 1.29 is 9.18 Å². The van der Waals surface area contributed by atoms with Gasteiger partial charge in [-0.2, -0.15) is 5.10 Å². The normalized spacial score (nSPS) is 11.1. The van der Waals surface area contributed by atoms with Crippen molar-refractivity contribution in [2.45, 2.75) is 12.8 Å². The molecule has 4 aromatic rings. The second-order valence-corrected chi connectivity index (χ2v) is 8.22. The van der Waals surface area contributed by atoms with E-state index in [9.17, 15) is 9.18 Å². The van der Waals surface area contributed by atoms with Gasteiger partial charge in [-0.05, 0) is 54.1 Å². The van der Waals surface area contributed by atoms with E-state index in [1.54, 1.807) is 24.1 Å². The Hall–Kier alpha value is -2.99. The first-order chi connectivity index (χ1) is 14.0. The third kappa shape index (κ3) is 4.22. The van der Waals surface area contributed by atoms with E-state index < -0.39 is 0 Å². The predicted molar refractivity (Wildman–Crippen MR) is 116 cm³/mol. The van der Waals surface area contributed by atoms with Gasteiger partial charge in [-0.3, -0.25) is 9.48 Å². The number of thiophene rings is 1. The van der Waals surface area contributed by atoms with Crippen LogP contribution < -0.4 is 0 Å². The van der Waals surface area contributed by atoms with E-state index in [1.807, 2.05) is 29.9 Å². The Kier molecular flexibility index (Phi) is 5.45. The Bertz CT molecular complexity index is 1150. The zero-order chi connectivity index (χ0) is 20.4. The number of carbonyl (C=O) groups is 1. The third-order valence-corrected chi connectivity index (χ3v) is 6.07. The van der Waals surface area contributed by atoms with Gasteiger partial charge in [-0.25, -0.2) is 4.39 Å². The number of hydrogen-bond acceptors (Lipinski definition) is 3. The maximum absolute atomic E-state index is 13.4. The van der Waals surface area contributed by atoms with Gasteiger partial charge in [0.15, 0.2) is 0 Å². The summed E-state index contributed by atoms with van der Waals surface area (Å²) in [6.45, 7) is 0.638. The minimum absolute atomic E-state index is 0.0300. The average Bonchev–Trinajstić information content (AvgIpc) is 3.30. The predicted octanol–water partition coefficient (Wildman–Crippen LogP) is 5.15. The van der Waals surface area contributed by atoms with E-state index in [-0.39, 0.29) is 11.7 Å². The van der Waals surface area contributed by atoms with Crippen LogP contribution in [0.3, 0.4) is 0 Å². The lowest BCUT2D eigenvalue weighted by molar-refractivity contribution is 0.0798. The topological polar surface area (TPSA) is 38.1 Å². The van der Waals surface area contributed by atoms with Crippen molar-refractivity contribution in [2.24, 2.45) is 7.05 Å². The van der Waals surface area contributed by atoms with Gasteiger partial charge in [0.05, 0.1) is 16.3 Å². The molecule has 0 aliphatic rings. The lowest BCUT2D eigenvalue weighted by Crippen LogP contribution is -2.27. The molecular formula is C23H22FN3OS. The maximum Gasteiger partial charge on any atom is 0.263 e. The maximum atomic E-state index is 13.4. The number of aromatic nitrogens is 2. The van der Waals surface area contributed by atoms with Crippen molar-refractivity contribution in [1.82, 2.24) is 14.7 Å². The molecule has 0 aliphatic heterocycles. The van der Waals surface area contributed by atoms with Crippen molar-refractivity contribution in [2.75, 3.05) is 13.6 Å². The monoisotopic (exact) mass is 407 g/mol. The van der Waals surface area contributed by atoms with Gasteiger partial charge < -0.3 is 4.90 Å². The summed E-state index contributed by atoms with van der Waals surface area (Å²) in [7, 11) is 3.76. The molecule has 148 valence electrons. The molecule has 0 aliphatic carbocycles. The average molecular weight is 408 g/mol. The summed E-state index contributed by atoms with van der Waals surface area (Å²) in [5, 5.41) is 5.38. The molecule has 0 spiro atoms. The van der Waals surface area contributed by atoms with Crippen molar-refractivity contribution >= 4 is 27.3 Å². The van der Waals surface area contributed by atoms with Gasteiger partial charge in [0.2, 0.25) is 0 Å². The number of amides is 1. The van der Waals surface area contributed by atoms with E-state index in [0.29, 0.717) is 11.4 Å². The SMILES string of the molecule is CN(CCCc1cc(-c2ccccc2)n(C)n1)C(=O)c1cc2cc(F)ccc2s1. The summed E-state index contributed by atoms with van der Waals surface area (Å²) in [4.78, 5) is 15.1. The molecule has 0 fully saturated rings. The van der Waals surface area contributed by atoms with Crippen molar-refractivity contribution in [1.29, 1.82) is 0 Å². The van der Waals surface area contributed by atoms with Gasteiger partial charge in [0, 0.05) is 25.3 Å². The standard InChI is InChI=1S/C23H22FN3OS/c1-26(23(28)22-14-17-13-18(24)10-11-21(17)29-22)12-6-9-19-15-20(27(2)25-19)16-7-4-3-5-8-16/h3-5,7-8,10-11,13-15H,6,9,12H2,1-2H3. The molecule has 0 saturated carbocycles. The fourth-order valence-corrected chi connectivity index (χ4v) is 4.47. The molecule has 2 heterocycles.